The first-order valence-electron chi connectivity index (χ1n) is 5.83. The topological polar surface area (TPSA) is 62.5 Å². The smallest absolute Gasteiger partial charge is 0.363 e. The van der Waals surface area contributed by atoms with Gasteiger partial charge in [-0.25, -0.2) is 9.79 Å². The fraction of sp³-hybridized carbons (Fsp3) is 0. The second-order valence-electron chi connectivity index (χ2n) is 4.04. The van der Waals surface area contributed by atoms with Crippen LogP contribution in [0.25, 0.3) is 6.08 Å². The lowest BCUT2D eigenvalue weighted by Gasteiger charge is -1.98. The summed E-state index contributed by atoms with van der Waals surface area (Å²) in [5, 5.41) is 10.7. The highest BCUT2D eigenvalue weighted by atomic mass is 32.1. The van der Waals surface area contributed by atoms with Crippen LogP contribution >= 0.6 is 11.3 Å². The number of thiophene rings is 1. The molecule has 2 aromatic rings. The van der Waals surface area contributed by atoms with Gasteiger partial charge < -0.3 is 4.74 Å². The Bertz CT molecular complexity index is 750. The van der Waals surface area contributed by atoms with Gasteiger partial charge in [0, 0.05) is 10.4 Å². The van der Waals surface area contributed by atoms with E-state index in [4.69, 9.17) is 10.00 Å². The number of rotatable bonds is 2. The van der Waals surface area contributed by atoms with E-state index >= 15 is 0 Å². The molecule has 0 radical (unpaired) electrons. The number of nitrogens with zero attached hydrogens (tertiary/aromatic N) is 2. The molecular weight excluding hydrogens is 272 g/mol. The summed E-state index contributed by atoms with van der Waals surface area (Å²) in [6.07, 6.45) is 1.70. The van der Waals surface area contributed by atoms with Crippen molar-refractivity contribution >= 4 is 29.3 Å². The first-order valence-corrected chi connectivity index (χ1v) is 6.71. The Kier molecular flexibility index (Phi) is 3.15. The second kappa shape index (κ2) is 5.11. The largest absolute Gasteiger partial charge is 0.402 e. The van der Waals surface area contributed by atoms with E-state index in [0.717, 1.165) is 4.88 Å². The quantitative estimate of drug-likeness (QED) is 0.627. The Balaban J connectivity index is 1.92. The average Bonchev–Trinajstić information content (AvgIpc) is 3.10. The summed E-state index contributed by atoms with van der Waals surface area (Å²) in [5.74, 6) is -0.194. The fourth-order valence-electron chi connectivity index (χ4n) is 1.73. The number of hydrogen-bond donors (Lipinski definition) is 0. The van der Waals surface area contributed by atoms with Crippen LogP contribution in [0.15, 0.2) is 52.5 Å². The molecule has 0 N–H and O–H groups in total. The van der Waals surface area contributed by atoms with Gasteiger partial charge in [0.2, 0.25) is 5.90 Å². The molecule has 1 aromatic heterocycles. The Labute approximate surface area is 119 Å². The lowest BCUT2D eigenvalue weighted by molar-refractivity contribution is -0.129. The Morgan fingerprint density at radius 3 is 2.70 bits per heavy atom. The zero-order chi connectivity index (χ0) is 13.9. The van der Waals surface area contributed by atoms with Crippen LogP contribution in [0.5, 0.6) is 0 Å². The van der Waals surface area contributed by atoms with Gasteiger partial charge in [0.25, 0.3) is 0 Å². The number of cyclic esters (lactones) is 1. The van der Waals surface area contributed by atoms with Crippen LogP contribution < -0.4 is 0 Å². The van der Waals surface area contributed by atoms with Gasteiger partial charge in [-0.1, -0.05) is 6.07 Å². The summed E-state index contributed by atoms with van der Waals surface area (Å²) < 4.78 is 5.15. The molecule has 96 valence electrons. The minimum absolute atomic E-state index is 0.266. The van der Waals surface area contributed by atoms with Gasteiger partial charge in [-0.05, 0) is 41.8 Å². The molecule has 0 aliphatic carbocycles. The minimum atomic E-state index is -0.460. The molecule has 2 heterocycles. The number of carbonyl (C=O) groups excluding carboxylic acids is 1. The van der Waals surface area contributed by atoms with E-state index in [2.05, 4.69) is 4.99 Å². The summed E-state index contributed by atoms with van der Waals surface area (Å²) in [6.45, 7) is 0. The van der Waals surface area contributed by atoms with E-state index < -0.39 is 5.97 Å². The Morgan fingerprint density at radius 2 is 2.05 bits per heavy atom. The summed E-state index contributed by atoms with van der Waals surface area (Å²) in [5.41, 5.74) is 1.51. The molecule has 4 nitrogen and oxygen atoms in total. The lowest BCUT2D eigenvalue weighted by atomic mass is 10.1. The third-order valence-electron chi connectivity index (χ3n) is 2.70. The Hall–Kier alpha value is -2.71. The molecule has 0 fully saturated rings. The van der Waals surface area contributed by atoms with Gasteiger partial charge in [0.1, 0.15) is 0 Å². The van der Waals surface area contributed by atoms with E-state index in [-0.39, 0.29) is 11.6 Å². The van der Waals surface area contributed by atoms with Crippen LogP contribution in [0, 0.1) is 11.3 Å². The standard InChI is InChI=1S/C15H8N2O2S/c16-9-10-3-5-11(6-4-10)14-17-13(15(18)19-14)8-12-2-1-7-20-12/h1-8H. The molecule has 3 rings (SSSR count). The molecule has 20 heavy (non-hydrogen) atoms. The van der Waals surface area contributed by atoms with Crippen molar-refractivity contribution in [2.45, 2.75) is 0 Å². The van der Waals surface area contributed by atoms with Crippen molar-refractivity contribution in [2.75, 3.05) is 0 Å². The van der Waals surface area contributed by atoms with E-state index in [9.17, 15) is 4.79 Å². The molecule has 0 bridgehead atoms. The second-order valence-corrected chi connectivity index (χ2v) is 5.02. The van der Waals surface area contributed by atoms with Crippen LogP contribution in [0.2, 0.25) is 0 Å². The molecular formula is C15H8N2O2S. The number of nitriles is 1. The zero-order valence-corrected chi connectivity index (χ0v) is 11.1. The normalized spacial score (nSPS) is 15.8. The minimum Gasteiger partial charge on any atom is -0.402 e. The SMILES string of the molecule is N#Cc1ccc(C2=NC(=Cc3cccs3)C(=O)O2)cc1. The van der Waals surface area contributed by atoms with E-state index in [1.165, 1.54) is 11.3 Å². The highest BCUT2D eigenvalue weighted by Gasteiger charge is 2.24. The maximum Gasteiger partial charge on any atom is 0.363 e. The van der Waals surface area contributed by atoms with Gasteiger partial charge in [-0.2, -0.15) is 5.26 Å². The summed E-state index contributed by atoms with van der Waals surface area (Å²) in [7, 11) is 0. The van der Waals surface area contributed by atoms with Crippen LogP contribution in [0.1, 0.15) is 16.0 Å². The molecule has 0 atom stereocenters. The molecule has 1 aliphatic heterocycles. The van der Waals surface area contributed by atoms with Crippen LogP contribution in [-0.2, 0) is 9.53 Å². The summed E-state index contributed by atoms with van der Waals surface area (Å²) in [6, 6.07) is 12.6. The molecule has 0 spiro atoms. The number of hydrogen-bond acceptors (Lipinski definition) is 5. The molecule has 0 saturated heterocycles. The predicted molar refractivity (Wildman–Crippen MR) is 76.1 cm³/mol. The third-order valence-corrected chi connectivity index (χ3v) is 3.52. The van der Waals surface area contributed by atoms with Crippen molar-refractivity contribution in [2.24, 2.45) is 4.99 Å². The van der Waals surface area contributed by atoms with Crippen molar-refractivity contribution < 1.29 is 9.53 Å². The maximum absolute atomic E-state index is 11.8. The van der Waals surface area contributed by atoms with Crippen LogP contribution in [0.3, 0.4) is 0 Å². The first kappa shape index (κ1) is 12.3. The molecule has 1 aromatic carbocycles. The Morgan fingerprint density at radius 1 is 1.25 bits per heavy atom. The summed E-state index contributed by atoms with van der Waals surface area (Å²) in [4.78, 5) is 16.9. The predicted octanol–water partition coefficient (Wildman–Crippen LogP) is 2.96. The number of carbonyl (C=O) groups is 1. The maximum atomic E-state index is 11.8. The van der Waals surface area contributed by atoms with Gasteiger partial charge in [-0.3, -0.25) is 0 Å². The number of benzene rings is 1. The van der Waals surface area contributed by atoms with Gasteiger partial charge in [0.05, 0.1) is 11.6 Å². The van der Waals surface area contributed by atoms with Gasteiger partial charge in [-0.15, -0.1) is 11.3 Å². The third kappa shape index (κ3) is 2.37. The fourth-order valence-corrected chi connectivity index (χ4v) is 2.38. The molecule has 1 aliphatic rings. The van der Waals surface area contributed by atoms with Crippen molar-refractivity contribution in [3.8, 4) is 6.07 Å². The zero-order valence-electron chi connectivity index (χ0n) is 10.2. The molecule has 0 saturated carbocycles. The van der Waals surface area contributed by atoms with Crippen LogP contribution in [-0.4, -0.2) is 11.9 Å². The van der Waals surface area contributed by atoms with Crippen molar-refractivity contribution in [1.29, 1.82) is 5.26 Å². The monoisotopic (exact) mass is 280 g/mol. The highest BCUT2D eigenvalue weighted by molar-refractivity contribution is 7.10. The van der Waals surface area contributed by atoms with Gasteiger partial charge >= 0.3 is 5.97 Å². The molecule has 0 unspecified atom stereocenters. The van der Waals surface area contributed by atoms with Crippen molar-refractivity contribution in [3.63, 3.8) is 0 Å². The summed E-state index contributed by atoms with van der Waals surface area (Å²) >= 11 is 1.52. The first-order chi connectivity index (χ1) is 9.76. The van der Waals surface area contributed by atoms with E-state index in [0.29, 0.717) is 11.1 Å². The average molecular weight is 280 g/mol. The molecule has 0 amide bonds. The van der Waals surface area contributed by atoms with Crippen LogP contribution in [0.4, 0.5) is 0 Å². The number of aliphatic imine (C=N–C) groups is 1. The number of ether oxygens (including phenoxy) is 1. The van der Waals surface area contributed by atoms with Crippen molar-refractivity contribution in [3.05, 3.63) is 63.5 Å². The number of esters is 1. The lowest BCUT2D eigenvalue weighted by Crippen LogP contribution is -2.05. The van der Waals surface area contributed by atoms with E-state index in [1.807, 2.05) is 23.6 Å². The molecule has 5 heteroatoms. The highest BCUT2D eigenvalue weighted by Crippen LogP contribution is 2.21. The van der Waals surface area contributed by atoms with E-state index in [1.54, 1.807) is 30.3 Å². The van der Waals surface area contributed by atoms with Gasteiger partial charge in [0.15, 0.2) is 5.70 Å². The van der Waals surface area contributed by atoms with Crippen molar-refractivity contribution in [1.82, 2.24) is 0 Å².